The summed E-state index contributed by atoms with van der Waals surface area (Å²) in [5.74, 6) is -1.57. The minimum atomic E-state index is -0.643. The van der Waals surface area contributed by atoms with Gasteiger partial charge in [0.2, 0.25) is 5.91 Å². The van der Waals surface area contributed by atoms with Crippen LogP contribution in [-0.2, 0) is 11.3 Å². The molecule has 3 amide bonds. The highest BCUT2D eigenvalue weighted by molar-refractivity contribution is 6.11. The van der Waals surface area contributed by atoms with E-state index in [1.165, 1.54) is 16.8 Å². The summed E-state index contributed by atoms with van der Waals surface area (Å²) in [5.41, 5.74) is 5.62. The average Bonchev–Trinajstić information content (AvgIpc) is 2.73. The van der Waals surface area contributed by atoms with Crippen LogP contribution in [-0.4, -0.2) is 34.0 Å². The molecule has 0 saturated carbocycles. The summed E-state index contributed by atoms with van der Waals surface area (Å²) in [5, 5.41) is 10.2. The Bertz CT molecular complexity index is 1150. The third-order valence-electron chi connectivity index (χ3n) is 4.21. The molecule has 0 radical (unpaired) electrons. The summed E-state index contributed by atoms with van der Waals surface area (Å²) in [6.45, 7) is 1.84. The number of fused-ring (bicyclic) bond motifs is 1. The van der Waals surface area contributed by atoms with E-state index < -0.39 is 17.7 Å². The quantitative estimate of drug-likeness (QED) is 0.571. The fourth-order valence-corrected chi connectivity index (χ4v) is 2.78. The number of nitrogens with one attached hydrogen (secondary N) is 2. The van der Waals surface area contributed by atoms with Gasteiger partial charge in [0.05, 0.1) is 11.9 Å². The van der Waals surface area contributed by atoms with E-state index in [0.29, 0.717) is 28.6 Å². The number of nitrogens with zero attached hydrogens (tertiary/aromatic N) is 2. The summed E-state index contributed by atoms with van der Waals surface area (Å²) < 4.78 is 1.24. The first kappa shape index (κ1) is 19.7. The molecule has 3 aromatic rings. The highest BCUT2D eigenvalue weighted by atomic mass is 16.2. The maximum absolute atomic E-state index is 12.8. The van der Waals surface area contributed by atoms with Gasteiger partial charge in [-0.1, -0.05) is 18.2 Å². The fraction of sp³-hybridized carbons (Fsp3) is 0.150. The second-order valence-electron chi connectivity index (χ2n) is 6.20. The van der Waals surface area contributed by atoms with E-state index in [1.54, 1.807) is 43.3 Å². The van der Waals surface area contributed by atoms with Crippen molar-refractivity contribution in [2.75, 3.05) is 11.9 Å². The second kappa shape index (κ2) is 8.34. The summed E-state index contributed by atoms with van der Waals surface area (Å²) in [6.07, 6.45) is 0. The Hall–Kier alpha value is -4.01. The molecule has 0 unspecified atom stereocenters. The Morgan fingerprint density at radius 3 is 2.28 bits per heavy atom. The van der Waals surface area contributed by atoms with Gasteiger partial charge in [-0.2, -0.15) is 5.10 Å². The monoisotopic (exact) mass is 393 g/mol. The van der Waals surface area contributed by atoms with E-state index >= 15 is 0 Å². The predicted molar refractivity (Wildman–Crippen MR) is 108 cm³/mol. The van der Waals surface area contributed by atoms with E-state index in [2.05, 4.69) is 15.7 Å². The molecule has 1 heterocycles. The molecule has 0 aliphatic heterocycles. The zero-order valence-corrected chi connectivity index (χ0v) is 15.6. The van der Waals surface area contributed by atoms with Gasteiger partial charge in [-0.3, -0.25) is 19.2 Å². The lowest BCUT2D eigenvalue weighted by molar-refractivity contribution is -0.117. The van der Waals surface area contributed by atoms with E-state index in [9.17, 15) is 19.2 Å². The largest absolute Gasteiger partial charge is 0.368 e. The molecule has 0 atom stereocenters. The van der Waals surface area contributed by atoms with Crippen molar-refractivity contribution in [3.05, 3.63) is 70.1 Å². The van der Waals surface area contributed by atoms with Crippen LogP contribution in [0.5, 0.6) is 0 Å². The topological polar surface area (TPSA) is 136 Å². The smallest absolute Gasteiger partial charge is 0.276 e. The maximum Gasteiger partial charge on any atom is 0.276 e. The van der Waals surface area contributed by atoms with Crippen LogP contribution in [0.4, 0.5) is 5.69 Å². The molecule has 0 saturated heterocycles. The Morgan fingerprint density at radius 1 is 1.00 bits per heavy atom. The van der Waals surface area contributed by atoms with Crippen LogP contribution in [0.1, 0.15) is 27.8 Å². The van der Waals surface area contributed by atoms with Crippen LogP contribution in [0.15, 0.2) is 53.3 Å². The number of benzene rings is 2. The van der Waals surface area contributed by atoms with E-state index in [4.69, 9.17) is 5.73 Å². The van der Waals surface area contributed by atoms with Gasteiger partial charge in [0.15, 0.2) is 5.69 Å². The molecule has 3 rings (SSSR count). The maximum atomic E-state index is 12.8. The number of carbonyl (C=O) groups excluding carboxylic acids is 3. The zero-order valence-electron chi connectivity index (χ0n) is 15.6. The van der Waals surface area contributed by atoms with Crippen molar-refractivity contribution in [2.24, 2.45) is 5.73 Å². The van der Waals surface area contributed by atoms with Gasteiger partial charge >= 0.3 is 0 Å². The van der Waals surface area contributed by atoms with E-state index in [1.807, 2.05) is 0 Å². The third kappa shape index (κ3) is 4.29. The highest BCUT2D eigenvalue weighted by Gasteiger charge is 2.16. The summed E-state index contributed by atoms with van der Waals surface area (Å²) >= 11 is 0. The standard InChI is InChI=1S/C20H19N5O4/c1-2-25-20(29)15-6-4-3-5-14(15)17(24-25)19(28)23-13-9-7-12(8-10-13)18(27)22-11-16(21)26/h3-10H,2,11H2,1H3,(H2,21,26)(H,22,27)(H,23,28). The van der Waals surface area contributed by atoms with Gasteiger partial charge in [0, 0.05) is 23.2 Å². The number of hydrogen-bond acceptors (Lipinski definition) is 5. The lowest BCUT2D eigenvalue weighted by atomic mass is 10.1. The minimum absolute atomic E-state index is 0.130. The predicted octanol–water partition coefficient (Wildman–Crippen LogP) is 0.884. The molecule has 9 nitrogen and oxygen atoms in total. The minimum Gasteiger partial charge on any atom is -0.368 e. The van der Waals surface area contributed by atoms with Gasteiger partial charge in [-0.05, 0) is 37.3 Å². The Kier molecular flexibility index (Phi) is 5.68. The Morgan fingerprint density at radius 2 is 1.66 bits per heavy atom. The van der Waals surface area contributed by atoms with E-state index in [-0.39, 0.29) is 17.8 Å². The van der Waals surface area contributed by atoms with Crippen LogP contribution in [0.2, 0.25) is 0 Å². The molecule has 0 bridgehead atoms. The number of amides is 3. The third-order valence-corrected chi connectivity index (χ3v) is 4.21. The number of primary amides is 1. The first-order valence-corrected chi connectivity index (χ1v) is 8.88. The molecular formula is C20H19N5O4. The van der Waals surface area contributed by atoms with Crippen molar-refractivity contribution >= 4 is 34.2 Å². The molecule has 2 aromatic carbocycles. The van der Waals surface area contributed by atoms with Crippen molar-refractivity contribution in [2.45, 2.75) is 13.5 Å². The van der Waals surface area contributed by atoms with Gasteiger partial charge < -0.3 is 16.4 Å². The van der Waals surface area contributed by atoms with Crippen LogP contribution in [0, 0.1) is 0 Å². The zero-order chi connectivity index (χ0) is 21.0. The first-order valence-electron chi connectivity index (χ1n) is 8.88. The van der Waals surface area contributed by atoms with Crippen molar-refractivity contribution in [3.8, 4) is 0 Å². The van der Waals surface area contributed by atoms with Gasteiger partial charge in [0.1, 0.15) is 0 Å². The second-order valence-corrected chi connectivity index (χ2v) is 6.20. The van der Waals surface area contributed by atoms with Crippen LogP contribution in [0.3, 0.4) is 0 Å². The van der Waals surface area contributed by atoms with Crippen LogP contribution in [0.25, 0.3) is 10.8 Å². The molecule has 148 valence electrons. The number of aryl methyl sites for hydroxylation is 1. The number of nitrogens with two attached hydrogens (primary N) is 1. The molecular weight excluding hydrogens is 374 g/mol. The summed E-state index contributed by atoms with van der Waals surface area (Å²) in [7, 11) is 0. The molecule has 1 aromatic heterocycles. The summed E-state index contributed by atoms with van der Waals surface area (Å²) in [4.78, 5) is 47.8. The lowest BCUT2D eigenvalue weighted by Gasteiger charge is -2.10. The molecule has 29 heavy (non-hydrogen) atoms. The molecule has 0 spiro atoms. The van der Waals surface area contributed by atoms with Gasteiger partial charge in [-0.25, -0.2) is 4.68 Å². The molecule has 0 aliphatic carbocycles. The number of aromatic nitrogens is 2. The SMILES string of the molecule is CCn1nc(C(=O)Nc2ccc(C(=O)NCC(N)=O)cc2)c2ccccc2c1=O. The lowest BCUT2D eigenvalue weighted by Crippen LogP contribution is -2.33. The van der Waals surface area contributed by atoms with Gasteiger partial charge in [-0.15, -0.1) is 0 Å². The van der Waals surface area contributed by atoms with Crippen molar-refractivity contribution in [1.29, 1.82) is 0 Å². The molecule has 9 heteroatoms. The fourth-order valence-electron chi connectivity index (χ4n) is 2.78. The average molecular weight is 393 g/mol. The Balaban J connectivity index is 1.84. The van der Waals surface area contributed by atoms with Crippen molar-refractivity contribution < 1.29 is 14.4 Å². The van der Waals surface area contributed by atoms with Gasteiger partial charge in [0.25, 0.3) is 17.4 Å². The van der Waals surface area contributed by atoms with Crippen LogP contribution < -0.4 is 21.9 Å². The number of carbonyl (C=O) groups is 3. The molecule has 4 N–H and O–H groups in total. The highest BCUT2D eigenvalue weighted by Crippen LogP contribution is 2.16. The number of hydrogen-bond donors (Lipinski definition) is 3. The number of anilines is 1. The number of rotatable bonds is 6. The van der Waals surface area contributed by atoms with Crippen LogP contribution >= 0.6 is 0 Å². The van der Waals surface area contributed by atoms with Crippen molar-refractivity contribution in [3.63, 3.8) is 0 Å². The molecule has 0 aliphatic rings. The Labute approximate surface area is 165 Å². The normalized spacial score (nSPS) is 10.5. The first-order chi connectivity index (χ1) is 13.9. The van der Waals surface area contributed by atoms with Crippen molar-refractivity contribution in [1.82, 2.24) is 15.1 Å². The molecule has 0 fully saturated rings. The van der Waals surface area contributed by atoms with E-state index in [0.717, 1.165) is 0 Å². The summed E-state index contributed by atoms with van der Waals surface area (Å²) in [6, 6.07) is 12.9.